The zero-order chi connectivity index (χ0) is 9.19. The molecule has 0 fully saturated rings. The maximum Gasteiger partial charge on any atom is 0.0621 e. The van der Waals surface area contributed by atoms with E-state index in [4.69, 9.17) is 0 Å². The molecule has 0 aromatic rings. The summed E-state index contributed by atoms with van der Waals surface area (Å²) in [7, 11) is 0. The Kier molecular flexibility index (Phi) is 5.75. The number of hydrogen-bond donors (Lipinski definition) is 0. The van der Waals surface area contributed by atoms with Crippen molar-refractivity contribution >= 4 is 6.21 Å². The van der Waals surface area contributed by atoms with E-state index in [1.165, 1.54) is 25.7 Å². The van der Waals surface area contributed by atoms with Gasteiger partial charge in [-0.3, -0.25) is 0 Å². The lowest BCUT2D eigenvalue weighted by Gasteiger charge is -1.96. The van der Waals surface area contributed by atoms with E-state index in [9.17, 15) is 0 Å². The quantitative estimate of drug-likeness (QED) is 0.551. The molecule has 0 saturated carbocycles. The highest BCUT2D eigenvalue weighted by Gasteiger charge is 1.90. The van der Waals surface area contributed by atoms with Crippen molar-refractivity contribution in [2.24, 2.45) is 25.9 Å². The van der Waals surface area contributed by atoms with Crippen LogP contribution >= 0.6 is 0 Å². The van der Waals surface area contributed by atoms with E-state index in [1.54, 1.807) is 6.21 Å². The smallest absolute Gasteiger partial charge is 0.0621 e. The van der Waals surface area contributed by atoms with Crippen LogP contribution in [0.25, 0.3) is 0 Å². The molecule has 0 unspecified atom stereocenters. The minimum atomic E-state index is 0.753. The van der Waals surface area contributed by atoms with E-state index in [-0.39, 0.29) is 0 Å². The molecule has 1 aliphatic heterocycles. The molecule has 0 amide bonds. The summed E-state index contributed by atoms with van der Waals surface area (Å²) < 4.78 is 0. The summed E-state index contributed by atoms with van der Waals surface area (Å²) in [5, 5.41) is 17.9. The van der Waals surface area contributed by atoms with Crippen molar-refractivity contribution in [3.8, 4) is 0 Å². The minimum absolute atomic E-state index is 0.753. The molecule has 1 heterocycles. The van der Waals surface area contributed by atoms with Crippen LogP contribution in [-0.4, -0.2) is 12.8 Å². The monoisotopic (exact) mass is 181 g/mol. The van der Waals surface area contributed by atoms with Crippen LogP contribution in [0.2, 0.25) is 0 Å². The highest BCUT2D eigenvalue weighted by Crippen LogP contribution is 2.05. The standard InChI is InChI=1S/C8H15N5/c1-2-4-6-8-10-12-13-11-9-7-5-3-1/h7H,1-6,8H2. The summed E-state index contributed by atoms with van der Waals surface area (Å²) >= 11 is 0. The van der Waals surface area contributed by atoms with Crippen molar-refractivity contribution in [1.82, 2.24) is 0 Å². The molecule has 0 aliphatic carbocycles. The Morgan fingerprint density at radius 1 is 0.769 bits per heavy atom. The maximum absolute atomic E-state index is 3.83. The van der Waals surface area contributed by atoms with Gasteiger partial charge in [0.1, 0.15) is 0 Å². The van der Waals surface area contributed by atoms with Gasteiger partial charge in [-0.1, -0.05) is 19.3 Å². The Morgan fingerprint density at radius 2 is 1.62 bits per heavy atom. The van der Waals surface area contributed by atoms with E-state index < -0.39 is 0 Å². The fourth-order valence-corrected chi connectivity index (χ4v) is 1.16. The number of rotatable bonds is 0. The van der Waals surface area contributed by atoms with Gasteiger partial charge in [0, 0.05) is 6.21 Å². The lowest BCUT2D eigenvalue weighted by Crippen LogP contribution is -1.82. The van der Waals surface area contributed by atoms with Crippen LogP contribution in [0.3, 0.4) is 0 Å². The first-order chi connectivity index (χ1) is 6.50. The third-order valence-corrected chi connectivity index (χ3v) is 1.87. The fraction of sp³-hybridized carbons (Fsp3) is 0.875. The Bertz CT molecular complexity index is 177. The van der Waals surface area contributed by atoms with Crippen LogP contribution in [0.1, 0.15) is 38.5 Å². The molecule has 0 spiro atoms. The van der Waals surface area contributed by atoms with Gasteiger partial charge in [0.25, 0.3) is 0 Å². The highest BCUT2D eigenvalue weighted by molar-refractivity contribution is 5.56. The van der Waals surface area contributed by atoms with E-state index in [0.29, 0.717) is 0 Å². The van der Waals surface area contributed by atoms with Gasteiger partial charge in [-0.05, 0) is 34.9 Å². The zero-order valence-electron chi connectivity index (χ0n) is 7.76. The average molecular weight is 181 g/mol. The molecule has 0 aromatic heterocycles. The van der Waals surface area contributed by atoms with Crippen LogP contribution in [0.5, 0.6) is 0 Å². The van der Waals surface area contributed by atoms with Crippen LogP contribution in [-0.2, 0) is 0 Å². The molecule has 0 radical (unpaired) electrons. The fourth-order valence-electron chi connectivity index (χ4n) is 1.16. The second-order valence-electron chi connectivity index (χ2n) is 2.99. The largest absolute Gasteiger partial charge is 0.167 e. The Labute approximate surface area is 78.0 Å². The average Bonchev–Trinajstić information content (AvgIpc) is 2.18. The summed E-state index contributed by atoms with van der Waals surface area (Å²) in [4.78, 5) is 0. The van der Waals surface area contributed by atoms with E-state index in [0.717, 1.165) is 19.4 Å². The first-order valence-corrected chi connectivity index (χ1v) is 4.78. The normalized spacial score (nSPS) is 20.3. The Morgan fingerprint density at radius 3 is 2.62 bits per heavy atom. The molecule has 0 saturated heterocycles. The van der Waals surface area contributed by atoms with Crippen molar-refractivity contribution in [1.29, 1.82) is 0 Å². The van der Waals surface area contributed by atoms with Gasteiger partial charge in [-0.25, -0.2) is 0 Å². The maximum atomic E-state index is 3.83. The number of nitrogens with zero attached hydrogens (tertiary/aromatic N) is 5. The van der Waals surface area contributed by atoms with Crippen molar-refractivity contribution in [2.75, 3.05) is 6.54 Å². The third-order valence-electron chi connectivity index (χ3n) is 1.87. The van der Waals surface area contributed by atoms with Crippen molar-refractivity contribution in [2.45, 2.75) is 38.5 Å². The third kappa shape index (κ3) is 6.07. The lowest BCUT2D eigenvalue weighted by molar-refractivity contribution is 0.622. The highest BCUT2D eigenvalue weighted by atomic mass is 15.5. The molecule has 0 aromatic carbocycles. The van der Waals surface area contributed by atoms with Crippen molar-refractivity contribution in [3.05, 3.63) is 0 Å². The predicted molar refractivity (Wildman–Crippen MR) is 50.8 cm³/mol. The summed E-state index contributed by atoms with van der Waals surface area (Å²) in [6, 6.07) is 0. The van der Waals surface area contributed by atoms with Gasteiger partial charge in [0.05, 0.1) is 6.54 Å². The number of hydrogen-bond acceptors (Lipinski definition) is 5. The van der Waals surface area contributed by atoms with Crippen LogP contribution in [0, 0.1) is 0 Å². The van der Waals surface area contributed by atoms with Gasteiger partial charge in [0.15, 0.2) is 0 Å². The molecule has 72 valence electrons. The second kappa shape index (κ2) is 7.52. The van der Waals surface area contributed by atoms with Gasteiger partial charge in [-0.2, -0.15) is 5.11 Å². The summed E-state index contributed by atoms with van der Waals surface area (Å²) in [5.41, 5.74) is 0. The first kappa shape index (κ1) is 9.95. The molecule has 1 aliphatic rings. The summed E-state index contributed by atoms with van der Waals surface area (Å²) in [6.07, 6.45) is 8.81. The van der Waals surface area contributed by atoms with Crippen LogP contribution in [0.4, 0.5) is 0 Å². The van der Waals surface area contributed by atoms with Gasteiger partial charge >= 0.3 is 0 Å². The van der Waals surface area contributed by atoms with Crippen LogP contribution in [0.15, 0.2) is 25.9 Å². The van der Waals surface area contributed by atoms with Gasteiger partial charge in [0.2, 0.25) is 0 Å². The molecular formula is C8H15N5. The molecule has 5 nitrogen and oxygen atoms in total. The van der Waals surface area contributed by atoms with E-state index in [1.807, 2.05) is 0 Å². The Hall–Kier alpha value is -1.13. The van der Waals surface area contributed by atoms with E-state index in [2.05, 4.69) is 25.9 Å². The summed E-state index contributed by atoms with van der Waals surface area (Å²) in [6.45, 7) is 0.753. The molecule has 1 rings (SSSR count). The lowest BCUT2D eigenvalue weighted by atomic mass is 10.1. The van der Waals surface area contributed by atoms with E-state index >= 15 is 0 Å². The zero-order valence-corrected chi connectivity index (χ0v) is 7.76. The predicted octanol–water partition coefficient (Wildman–Crippen LogP) is 3.15. The molecule has 0 bridgehead atoms. The summed E-state index contributed by atoms with van der Waals surface area (Å²) in [5.74, 6) is 0. The molecular weight excluding hydrogens is 166 g/mol. The SMILES string of the molecule is C1=NN=NN=NCCCCCCC1. The second-order valence-corrected chi connectivity index (χ2v) is 2.99. The van der Waals surface area contributed by atoms with Gasteiger partial charge < -0.3 is 0 Å². The molecule has 5 heteroatoms. The first-order valence-electron chi connectivity index (χ1n) is 4.78. The topological polar surface area (TPSA) is 61.8 Å². The van der Waals surface area contributed by atoms with Crippen molar-refractivity contribution in [3.63, 3.8) is 0 Å². The Balaban J connectivity index is 2.29. The van der Waals surface area contributed by atoms with Gasteiger partial charge in [-0.15, -0.1) is 5.10 Å². The molecule has 0 N–H and O–H groups in total. The van der Waals surface area contributed by atoms with Crippen LogP contribution < -0.4 is 0 Å². The molecule has 0 atom stereocenters. The minimum Gasteiger partial charge on any atom is -0.167 e. The van der Waals surface area contributed by atoms with Crippen molar-refractivity contribution < 1.29 is 0 Å². The molecule has 13 heavy (non-hydrogen) atoms.